The third-order valence-electron chi connectivity index (χ3n) is 4.55. The van der Waals surface area contributed by atoms with Gasteiger partial charge < -0.3 is 4.52 Å². The zero-order valence-corrected chi connectivity index (χ0v) is 14.6. The molecule has 144 valence electrons. The first-order valence-electron chi connectivity index (χ1n) is 8.68. The number of hydrogen-bond acceptors (Lipinski definition) is 5. The molecule has 1 saturated heterocycles. The van der Waals surface area contributed by atoms with E-state index in [1.54, 1.807) is 11.0 Å². The topological polar surface area (TPSA) is 72.1 Å². The molecule has 3 heterocycles. The summed E-state index contributed by atoms with van der Waals surface area (Å²) in [6.07, 6.45) is -1.35. The van der Waals surface area contributed by atoms with Crippen LogP contribution in [0.4, 0.5) is 19.0 Å². The molecular weight excluding hydrogens is 373 g/mol. The molecule has 28 heavy (non-hydrogen) atoms. The maximum absolute atomic E-state index is 12.6. The summed E-state index contributed by atoms with van der Waals surface area (Å²) in [6, 6.07) is 12.6. The van der Waals surface area contributed by atoms with Crippen molar-refractivity contribution < 1.29 is 22.5 Å². The Balaban J connectivity index is 1.63. The molecule has 1 aliphatic rings. The molecule has 0 spiro atoms. The molecule has 0 saturated carbocycles. The first-order valence-corrected chi connectivity index (χ1v) is 8.68. The molecule has 0 bridgehead atoms. The van der Waals surface area contributed by atoms with Crippen LogP contribution < -0.4 is 4.90 Å². The molecule has 1 fully saturated rings. The van der Waals surface area contributed by atoms with E-state index in [-0.39, 0.29) is 23.3 Å². The van der Waals surface area contributed by atoms with Gasteiger partial charge in [-0.15, -0.1) is 0 Å². The van der Waals surface area contributed by atoms with Crippen molar-refractivity contribution in [3.63, 3.8) is 0 Å². The molecule has 1 amide bonds. The van der Waals surface area contributed by atoms with Gasteiger partial charge in [0.1, 0.15) is 5.82 Å². The molecule has 6 nitrogen and oxygen atoms in total. The van der Waals surface area contributed by atoms with Crippen molar-refractivity contribution in [3.05, 3.63) is 60.1 Å². The summed E-state index contributed by atoms with van der Waals surface area (Å²) in [5, 5.41) is 3.35. The highest BCUT2D eigenvalue weighted by molar-refractivity contribution is 5.94. The maximum atomic E-state index is 12.6. The summed E-state index contributed by atoms with van der Waals surface area (Å²) in [5.41, 5.74) is 1.28. The summed E-state index contributed by atoms with van der Waals surface area (Å²) in [7, 11) is 0. The number of halogens is 3. The minimum atomic E-state index is -4.71. The fraction of sp³-hybridized carbons (Fsp3) is 0.263. The van der Waals surface area contributed by atoms with E-state index in [1.165, 1.54) is 12.3 Å². The monoisotopic (exact) mass is 388 g/mol. The van der Waals surface area contributed by atoms with Crippen LogP contribution in [0, 0.1) is 0 Å². The molecule has 3 aromatic rings. The Bertz CT molecular complexity index is 971. The second-order valence-corrected chi connectivity index (χ2v) is 6.41. The van der Waals surface area contributed by atoms with E-state index < -0.39 is 12.1 Å². The van der Waals surface area contributed by atoms with Crippen molar-refractivity contribution in [2.75, 3.05) is 4.90 Å². The van der Waals surface area contributed by atoms with Crippen LogP contribution in [0.2, 0.25) is 0 Å². The number of anilines is 1. The van der Waals surface area contributed by atoms with Crippen molar-refractivity contribution >= 4 is 11.7 Å². The summed E-state index contributed by atoms with van der Waals surface area (Å²) in [6.45, 7) is 0. The molecule has 2 aromatic heterocycles. The van der Waals surface area contributed by atoms with E-state index in [0.29, 0.717) is 12.2 Å². The Hall–Kier alpha value is -3.23. The van der Waals surface area contributed by atoms with E-state index >= 15 is 0 Å². The van der Waals surface area contributed by atoms with Gasteiger partial charge in [0.05, 0.1) is 6.04 Å². The number of pyridine rings is 1. The number of hydrogen-bond donors (Lipinski definition) is 0. The largest absolute Gasteiger partial charge is 0.471 e. The Kier molecular flexibility index (Phi) is 4.58. The number of aromatic nitrogens is 3. The lowest BCUT2D eigenvalue weighted by Crippen LogP contribution is -2.38. The second kappa shape index (κ2) is 7.06. The molecule has 4 rings (SSSR count). The molecular formula is C19H15F3N4O2. The lowest BCUT2D eigenvalue weighted by molar-refractivity contribution is -0.159. The van der Waals surface area contributed by atoms with Gasteiger partial charge in [0.2, 0.25) is 11.7 Å². The molecule has 1 aliphatic heterocycles. The van der Waals surface area contributed by atoms with Gasteiger partial charge >= 0.3 is 12.1 Å². The number of piperidine rings is 1. The Morgan fingerprint density at radius 1 is 1.11 bits per heavy atom. The minimum Gasteiger partial charge on any atom is -0.329 e. The van der Waals surface area contributed by atoms with Crippen molar-refractivity contribution in [2.45, 2.75) is 31.5 Å². The van der Waals surface area contributed by atoms with E-state index in [4.69, 9.17) is 0 Å². The predicted octanol–water partition coefficient (Wildman–Crippen LogP) is 4.41. The van der Waals surface area contributed by atoms with Crippen molar-refractivity contribution in [1.29, 1.82) is 0 Å². The van der Waals surface area contributed by atoms with Gasteiger partial charge in [-0.25, -0.2) is 4.98 Å². The molecule has 1 atom stereocenters. The van der Waals surface area contributed by atoms with Crippen molar-refractivity contribution in [2.24, 2.45) is 0 Å². The van der Waals surface area contributed by atoms with Gasteiger partial charge in [-0.3, -0.25) is 9.69 Å². The molecule has 0 N–H and O–H groups in total. The van der Waals surface area contributed by atoms with Gasteiger partial charge in [-0.05, 0) is 30.5 Å². The van der Waals surface area contributed by atoms with Gasteiger partial charge in [0, 0.05) is 18.2 Å². The molecule has 1 unspecified atom stereocenters. The minimum absolute atomic E-state index is 0.0423. The first kappa shape index (κ1) is 18.1. The highest BCUT2D eigenvalue weighted by Crippen LogP contribution is 2.35. The molecule has 1 aromatic carbocycles. The Labute approximate surface area is 158 Å². The van der Waals surface area contributed by atoms with Crippen LogP contribution >= 0.6 is 0 Å². The van der Waals surface area contributed by atoms with E-state index in [0.717, 1.165) is 18.4 Å². The number of nitrogens with zero attached hydrogens (tertiary/aromatic N) is 4. The number of amides is 1. The smallest absolute Gasteiger partial charge is 0.329 e. The van der Waals surface area contributed by atoms with E-state index in [1.807, 2.05) is 30.3 Å². The van der Waals surface area contributed by atoms with E-state index in [9.17, 15) is 18.0 Å². The van der Waals surface area contributed by atoms with Crippen LogP contribution in [0.25, 0.3) is 11.4 Å². The molecule has 9 heteroatoms. The number of carbonyl (C=O) groups is 1. The maximum Gasteiger partial charge on any atom is 0.471 e. The van der Waals surface area contributed by atoms with Gasteiger partial charge in [0.15, 0.2) is 0 Å². The molecule has 0 radical (unpaired) electrons. The number of carbonyl (C=O) groups excluding carboxylic acids is 1. The number of alkyl halides is 3. The highest BCUT2D eigenvalue weighted by Gasteiger charge is 2.38. The average molecular weight is 388 g/mol. The quantitative estimate of drug-likeness (QED) is 0.665. The zero-order chi connectivity index (χ0) is 19.7. The second-order valence-electron chi connectivity index (χ2n) is 6.41. The Morgan fingerprint density at radius 2 is 1.89 bits per heavy atom. The van der Waals surface area contributed by atoms with Crippen LogP contribution in [-0.2, 0) is 11.0 Å². The lowest BCUT2D eigenvalue weighted by atomic mass is 9.95. The third-order valence-corrected chi connectivity index (χ3v) is 4.55. The number of benzene rings is 1. The van der Waals surface area contributed by atoms with Crippen LogP contribution in [-0.4, -0.2) is 21.0 Å². The van der Waals surface area contributed by atoms with Crippen LogP contribution in [0.1, 0.15) is 36.8 Å². The first-order chi connectivity index (χ1) is 13.4. The third kappa shape index (κ3) is 3.47. The van der Waals surface area contributed by atoms with Crippen LogP contribution in [0.15, 0.2) is 53.2 Å². The van der Waals surface area contributed by atoms with E-state index in [2.05, 4.69) is 19.6 Å². The zero-order valence-electron chi connectivity index (χ0n) is 14.6. The summed E-state index contributed by atoms with van der Waals surface area (Å²) in [4.78, 5) is 21.8. The summed E-state index contributed by atoms with van der Waals surface area (Å²) < 4.78 is 42.1. The summed E-state index contributed by atoms with van der Waals surface area (Å²) >= 11 is 0. The average Bonchev–Trinajstić information content (AvgIpc) is 3.19. The van der Waals surface area contributed by atoms with Gasteiger partial charge in [0.25, 0.3) is 0 Å². The predicted molar refractivity (Wildman–Crippen MR) is 93.1 cm³/mol. The van der Waals surface area contributed by atoms with Crippen molar-refractivity contribution in [3.8, 4) is 11.4 Å². The van der Waals surface area contributed by atoms with Gasteiger partial charge in [-0.1, -0.05) is 35.5 Å². The van der Waals surface area contributed by atoms with Gasteiger partial charge in [-0.2, -0.15) is 18.2 Å². The lowest BCUT2D eigenvalue weighted by Gasteiger charge is -2.35. The fourth-order valence-corrected chi connectivity index (χ4v) is 3.27. The Morgan fingerprint density at radius 3 is 2.54 bits per heavy atom. The standard InChI is InChI=1S/C19H15F3N4O2/c20-19(21,22)18-24-17(25-28-18)13-9-10-15(23-11-13)26-14(7-4-8-16(26)27)12-5-2-1-3-6-12/h1-3,5-6,9-11,14H,4,7-8H2. The van der Waals surface area contributed by atoms with Crippen molar-refractivity contribution in [1.82, 2.24) is 15.1 Å². The van der Waals surface area contributed by atoms with Crippen LogP contribution in [0.3, 0.4) is 0 Å². The fourth-order valence-electron chi connectivity index (χ4n) is 3.27. The number of rotatable bonds is 3. The summed E-state index contributed by atoms with van der Waals surface area (Å²) in [5.74, 6) is -1.24. The van der Waals surface area contributed by atoms with Crippen LogP contribution in [0.5, 0.6) is 0 Å². The highest BCUT2D eigenvalue weighted by atomic mass is 19.4. The molecule has 0 aliphatic carbocycles. The SMILES string of the molecule is O=C1CCCC(c2ccccc2)N1c1ccc(-c2noc(C(F)(F)F)n2)cn1. The normalized spacial score (nSPS) is 17.8.